The van der Waals surface area contributed by atoms with E-state index in [-0.39, 0.29) is 0 Å². The molecule has 2 aromatic heterocycles. The van der Waals surface area contributed by atoms with Gasteiger partial charge in [0.05, 0.1) is 10.8 Å². The van der Waals surface area contributed by atoms with Crippen molar-refractivity contribution in [3.05, 3.63) is 146 Å². The molecule has 2 heterocycles. The van der Waals surface area contributed by atoms with Gasteiger partial charge in [-0.25, -0.2) is 0 Å². The van der Waals surface area contributed by atoms with E-state index < -0.39 is 17.6 Å². The van der Waals surface area contributed by atoms with Crippen LogP contribution in [0.1, 0.15) is 0 Å². The highest BCUT2D eigenvalue weighted by Gasteiger charge is 2.25. The number of hydrogen-bond donors (Lipinski definition) is 0. The van der Waals surface area contributed by atoms with Crippen LogP contribution in [-0.2, 0) is 0 Å². The molecule has 0 saturated carbocycles. The van der Waals surface area contributed by atoms with Crippen LogP contribution < -0.4 is 31.5 Å². The van der Waals surface area contributed by atoms with E-state index >= 15 is 0 Å². The molecular formula is C32H26O2Si2. The van der Waals surface area contributed by atoms with Crippen molar-refractivity contribution in [3.63, 3.8) is 0 Å². The summed E-state index contributed by atoms with van der Waals surface area (Å²) in [5, 5.41) is 7.44. The Hall–Kier alpha value is -4.13. The second-order valence-electron chi connectivity index (χ2n) is 8.91. The first-order chi connectivity index (χ1) is 17.9. The molecule has 174 valence electrons. The summed E-state index contributed by atoms with van der Waals surface area (Å²) in [4.78, 5) is 0. The topological polar surface area (TPSA) is 26.3 Å². The predicted molar refractivity (Wildman–Crippen MR) is 154 cm³/mol. The molecule has 0 spiro atoms. The minimum absolute atomic E-state index is 0.787. The third-order valence-electron chi connectivity index (χ3n) is 6.60. The van der Waals surface area contributed by atoms with Crippen LogP contribution in [0.5, 0.6) is 0 Å². The zero-order valence-electron chi connectivity index (χ0n) is 19.8. The zero-order valence-corrected chi connectivity index (χ0v) is 22.1. The Balaban J connectivity index is 1.37. The Bertz CT molecular complexity index is 1330. The number of hydrogen-bond acceptors (Lipinski definition) is 2. The maximum absolute atomic E-state index is 6.53. The highest BCUT2D eigenvalue weighted by Crippen LogP contribution is 2.19. The molecule has 4 heteroatoms. The molecule has 6 rings (SSSR count). The van der Waals surface area contributed by atoms with E-state index in [0.29, 0.717) is 0 Å². The summed E-state index contributed by atoms with van der Waals surface area (Å²) >= 11 is 0. The normalized spacial score (nSPS) is 11.3. The molecule has 0 amide bonds. The zero-order chi connectivity index (χ0) is 24.2. The maximum atomic E-state index is 6.53. The van der Waals surface area contributed by atoms with Gasteiger partial charge < -0.3 is 8.83 Å². The Kier molecular flexibility index (Phi) is 6.36. The van der Waals surface area contributed by atoms with Gasteiger partial charge in [0.15, 0.2) is 29.1 Å². The third-order valence-corrected chi connectivity index (χ3v) is 12.6. The lowest BCUT2D eigenvalue weighted by Gasteiger charge is -2.14. The van der Waals surface area contributed by atoms with Crippen molar-refractivity contribution >= 4 is 49.1 Å². The van der Waals surface area contributed by atoms with Gasteiger partial charge in [-0.05, 0) is 45.0 Å². The van der Waals surface area contributed by atoms with Gasteiger partial charge in [-0.15, -0.1) is 0 Å². The molecule has 0 N–H and O–H groups in total. The van der Waals surface area contributed by atoms with Crippen LogP contribution in [0.3, 0.4) is 0 Å². The molecule has 0 unspecified atom stereocenters. The fraction of sp³-hybridized carbons (Fsp3) is 0. The third kappa shape index (κ3) is 4.56. The van der Waals surface area contributed by atoms with Crippen LogP contribution in [0, 0.1) is 0 Å². The first-order valence-electron chi connectivity index (χ1n) is 12.3. The summed E-state index contributed by atoms with van der Waals surface area (Å²) in [6.45, 7) is 0. The standard InChI is InChI=1S/C32H26O2Si2/c1-5-13-25(14-6-1)35(26-15-7-2-8-16-26)31-23-21-29(33-31)30-22-24-32(34-30)36(27-17-9-3-10-18-27)28-19-11-4-12-20-28/h1-24,35-36H. The van der Waals surface area contributed by atoms with E-state index in [2.05, 4.69) is 146 Å². The molecule has 0 aliphatic rings. The van der Waals surface area contributed by atoms with Crippen molar-refractivity contribution in [3.8, 4) is 11.5 Å². The van der Waals surface area contributed by atoms with Crippen LogP contribution in [0.25, 0.3) is 11.5 Å². The van der Waals surface area contributed by atoms with Gasteiger partial charge in [-0.3, -0.25) is 0 Å². The summed E-state index contributed by atoms with van der Waals surface area (Å²) in [5.41, 5.74) is 0. The smallest absolute Gasteiger partial charge is 0.177 e. The molecule has 0 bridgehead atoms. The Labute approximate surface area is 214 Å². The molecule has 0 fully saturated rings. The lowest BCUT2D eigenvalue weighted by molar-refractivity contribution is 0.555. The SMILES string of the molecule is c1ccc([SiH](c2ccccc2)c2ccc(-c3ccc([SiH](c4ccccc4)c4ccccc4)o3)o2)cc1. The summed E-state index contributed by atoms with van der Waals surface area (Å²) in [5.74, 6) is 1.57. The molecule has 2 nitrogen and oxygen atoms in total. The molecular weight excluding hydrogens is 473 g/mol. The second-order valence-corrected chi connectivity index (χ2v) is 14.4. The molecule has 0 saturated heterocycles. The maximum Gasteiger partial charge on any atom is 0.177 e. The number of rotatable bonds is 7. The van der Waals surface area contributed by atoms with E-state index in [9.17, 15) is 0 Å². The molecule has 0 aliphatic heterocycles. The van der Waals surface area contributed by atoms with Crippen LogP contribution in [0.2, 0.25) is 0 Å². The predicted octanol–water partition coefficient (Wildman–Crippen LogP) is 3.04. The minimum atomic E-state index is -1.72. The van der Waals surface area contributed by atoms with Crippen molar-refractivity contribution in [2.45, 2.75) is 0 Å². The number of furan rings is 2. The molecule has 4 aromatic carbocycles. The first kappa shape index (κ1) is 22.3. The minimum Gasteiger partial charge on any atom is -0.462 e. The van der Waals surface area contributed by atoms with E-state index in [1.165, 1.54) is 20.7 Å². The summed E-state index contributed by atoms with van der Waals surface area (Å²) in [6, 6.07) is 51.3. The van der Waals surface area contributed by atoms with Crippen LogP contribution >= 0.6 is 0 Å². The van der Waals surface area contributed by atoms with Gasteiger partial charge in [0.1, 0.15) is 0 Å². The summed E-state index contributed by atoms with van der Waals surface area (Å²) < 4.78 is 13.1. The van der Waals surface area contributed by atoms with E-state index in [1.54, 1.807) is 0 Å². The van der Waals surface area contributed by atoms with Gasteiger partial charge in [-0.2, -0.15) is 0 Å². The Morgan fingerprint density at radius 3 is 0.861 bits per heavy atom. The van der Waals surface area contributed by atoms with Crippen molar-refractivity contribution in [2.24, 2.45) is 0 Å². The molecule has 0 aliphatic carbocycles. The molecule has 36 heavy (non-hydrogen) atoms. The largest absolute Gasteiger partial charge is 0.462 e. The van der Waals surface area contributed by atoms with Crippen molar-refractivity contribution in [1.82, 2.24) is 0 Å². The van der Waals surface area contributed by atoms with E-state index in [0.717, 1.165) is 22.3 Å². The van der Waals surface area contributed by atoms with E-state index in [4.69, 9.17) is 8.83 Å². The first-order valence-corrected chi connectivity index (χ1v) is 15.7. The average molecular weight is 499 g/mol. The Morgan fingerprint density at radius 2 is 0.583 bits per heavy atom. The fourth-order valence-corrected chi connectivity index (χ4v) is 10.5. The van der Waals surface area contributed by atoms with Gasteiger partial charge in [0.2, 0.25) is 0 Å². The van der Waals surface area contributed by atoms with Crippen LogP contribution in [-0.4, -0.2) is 17.6 Å². The summed E-state index contributed by atoms with van der Waals surface area (Å²) in [6.07, 6.45) is 0. The number of benzene rings is 4. The van der Waals surface area contributed by atoms with Gasteiger partial charge in [-0.1, -0.05) is 121 Å². The quantitative estimate of drug-likeness (QED) is 0.316. The fourth-order valence-electron chi connectivity index (χ4n) is 4.90. The molecule has 6 aromatic rings. The van der Waals surface area contributed by atoms with Gasteiger partial charge >= 0.3 is 0 Å². The molecule has 0 atom stereocenters. The average Bonchev–Trinajstić information content (AvgIpc) is 3.62. The van der Waals surface area contributed by atoms with Crippen molar-refractivity contribution in [1.29, 1.82) is 0 Å². The van der Waals surface area contributed by atoms with Gasteiger partial charge in [0, 0.05) is 0 Å². The van der Waals surface area contributed by atoms with Gasteiger partial charge in [0.25, 0.3) is 0 Å². The highest BCUT2D eigenvalue weighted by molar-refractivity contribution is 6.95. The van der Waals surface area contributed by atoms with E-state index in [1.807, 2.05) is 0 Å². The lowest BCUT2D eigenvalue weighted by atomic mass is 10.3. The van der Waals surface area contributed by atoms with Crippen LogP contribution in [0.15, 0.2) is 154 Å². The van der Waals surface area contributed by atoms with Crippen molar-refractivity contribution < 1.29 is 8.83 Å². The summed E-state index contributed by atoms with van der Waals surface area (Å²) in [7, 11) is -3.44. The second kappa shape index (κ2) is 10.2. The molecule has 0 radical (unpaired) electrons. The monoisotopic (exact) mass is 498 g/mol. The van der Waals surface area contributed by atoms with Crippen LogP contribution in [0.4, 0.5) is 0 Å². The van der Waals surface area contributed by atoms with Crippen molar-refractivity contribution in [2.75, 3.05) is 0 Å². The Morgan fingerprint density at radius 1 is 0.306 bits per heavy atom. The lowest BCUT2D eigenvalue weighted by Crippen LogP contribution is -2.51. The highest BCUT2D eigenvalue weighted by atomic mass is 28.3.